The summed E-state index contributed by atoms with van der Waals surface area (Å²) in [6, 6.07) is 0. The van der Waals surface area contributed by atoms with Crippen LogP contribution in [0.1, 0.15) is 27.2 Å². The van der Waals surface area contributed by atoms with Crippen molar-refractivity contribution in [3.8, 4) is 0 Å². The van der Waals surface area contributed by atoms with E-state index in [1.807, 2.05) is 13.0 Å². The van der Waals surface area contributed by atoms with Crippen molar-refractivity contribution < 1.29 is 19.0 Å². The first-order valence-corrected chi connectivity index (χ1v) is 5.54. The highest BCUT2D eigenvalue weighted by Crippen LogP contribution is 2.31. The molecule has 0 unspecified atom stereocenters. The molecule has 16 heavy (non-hydrogen) atoms. The Hall–Kier alpha value is -0.870. The molecule has 0 saturated carbocycles. The summed E-state index contributed by atoms with van der Waals surface area (Å²) in [5.74, 6) is -0.300. The Morgan fingerprint density at radius 1 is 1.50 bits per heavy atom. The van der Waals surface area contributed by atoms with Crippen LogP contribution in [0.25, 0.3) is 0 Å². The van der Waals surface area contributed by atoms with Crippen LogP contribution in [0, 0.1) is 5.41 Å². The third-order valence-corrected chi connectivity index (χ3v) is 2.95. The lowest BCUT2D eigenvalue weighted by Crippen LogP contribution is -2.39. The van der Waals surface area contributed by atoms with Gasteiger partial charge in [0.1, 0.15) is 0 Å². The zero-order valence-corrected chi connectivity index (χ0v) is 10.4. The summed E-state index contributed by atoms with van der Waals surface area (Å²) in [6.07, 6.45) is 2.62. The van der Waals surface area contributed by atoms with Crippen molar-refractivity contribution in [2.45, 2.75) is 33.5 Å². The molecule has 1 saturated heterocycles. The predicted molar refractivity (Wildman–Crippen MR) is 59.9 cm³/mol. The van der Waals surface area contributed by atoms with Crippen LogP contribution >= 0.6 is 0 Å². The predicted octanol–water partition coefficient (Wildman–Crippen LogP) is 1.89. The van der Waals surface area contributed by atoms with Gasteiger partial charge < -0.3 is 14.2 Å². The quantitative estimate of drug-likeness (QED) is 0.546. The topological polar surface area (TPSA) is 44.8 Å². The fourth-order valence-electron chi connectivity index (χ4n) is 1.73. The van der Waals surface area contributed by atoms with Crippen LogP contribution in [0.4, 0.5) is 0 Å². The highest BCUT2D eigenvalue weighted by atomic mass is 16.7. The van der Waals surface area contributed by atoms with E-state index in [1.165, 1.54) is 7.11 Å². The van der Waals surface area contributed by atoms with Gasteiger partial charge in [0.15, 0.2) is 6.29 Å². The second-order valence-electron chi connectivity index (χ2n) is 4.22. The van der Waals surface area contributed by atoms with Gasteiger partial charge in [0, 0.05) is 11.0 Å². The van der Waals surface area contributed by atoms with E-state index in [4.69, 9.17) is 9.47 Å². The van der Waals surface area contributed by atoms with Crippen LogP contribution in [0.5, 0.6) is 0 Å². The third kappa shape index (κ3) is 3.06. The first kappa shape index (κ1) is 13.2. The number of rotatable bonds is 3. The standard InChI is InChI=1S/C12H20O4/c1-5-12(6-9(2)11(13)14-4)7-15-10(3)16-8-12/h6,10H,5,7-8H2,1-4H3. The number of methoxy groups -OCH3 is 1. The normalized spacial score (nSPS) is 31.2. The van der Waals surface area contributed by atoms with Gasteiger partial charge in [-0.3, -0.25) is 0 Å². The van der Waals surface area contributed by atoms with Crippen LogP contribution in [-0.4, -0.2) is 32.6 Å². The number of hydrogen-bond acceptors (Lipinski definition) is 4. The van der Waals surface area contributed by atoms with Crippen molar-refractivity contribution in [2.24, 2.45) is 5.41 Å². The van der Waals surface area contributed by atoms with Crippen LogP contribution in [0.2, 0.25) is 0 Å². The Morgan fingerprint density at radius 2 is 2.06 bits per heavy atom. The summed E-state index contributed by atoms with van der Waals surface area (Å²) < 4.78 is 15.6. The Bertz CT molecular complexity index is 275. The maximum absolute atomic E-state index is 11.3. The summed E-state index contributed by atoms with van der Waals surface area (Å²) in [5.41, 5.74) is 0.399. The molecule has 1 heterocycles. The molecule has 0 aromatic carbocycles. The summed E-state index contributed by atoms with van der Waals surface area (Å²) in [7, 11) is 1.38. The SMILES string of the molecule is CCC1(C=C(C)C(=O)OC)COC(C)OC1. The molecule has 0 N–H and O–H groups in total. The molecular formula is C12H20O4. The van der Waals surface area contributed by atoms with Crippen molar-refractivity contribution in [1.82, 2.24) is 0 Å². The van der Waals surface area contributed by atoms with Gasteiger partial charge in [-0.1, -0.05) is 13.0 Å². The van der Waals surface area contributed by atoms with E-state index in [-0.39, 0.29) is 17.7 Å². The van der Waals surface area contributed by atoms with Crippen molar-refractivity contribution in [2.75, 3.05) is 20.3 Å². The van der Waals surface area contributed by atoms with E-state index in [0.29, 0.717) is 18.8 Å². The monoisotopic (exact) mass is 228 g/mol. The van der Waals surface area contributed by atoms with Gasteiger partial charge in [0.05, 0.1) is 20.3 Å². The molecule has 1 aliphatic rings. The van der Waals surface area contributed by atoms with Gasteiger partial charge >= 0.3 is 5.97 Å². The molecule has 1 fully saturated rings. The van der Waals surface area contributed by atoms with E-state index in [9.17, 15) is 4.79 Å². The van der Waals surface area contributed by atoms with Crippen molar-refractivity contribution in [3.63, 3.8) is 0 Å². The number of ether oxygens (including phenoxy) is 3. The van der Waals surface area contributed by atoms with Crippen molar-refractivity contribution in [1.29, 1.82) is 0 Å². The van der Waals surface area contributed by atoms with Crippen molar-refractivity contribution >= 4 is 5.97 Å². The first-order chi connectivity index (χ1) is 7.53. The van der Waals surface area contributed by atoms with Gasteiger partial charge in [-0.25, -0.2) is 4.79 Å². The van der Waals surface area contributed by atoms with E-state index in [0.717, 1.165) is 6.42 Å². The summed E-state index contributed by atoms with van der Waals surface area (Å²) in [4.78, 5) is 11.3. The first-order valence-electron chi connectivity index (χ1n) is 5.54. The molecule has 0 spiro atoms. The minimum absolute atomic E-state index is 0.161. The van der Waals surface area contributed by atoms with Gasteiger partial charge in [0.25, 0.3) is 0 Å². The second kappa shape index (κ2) is 5.46. The minimum Gasteiger partial charge on any atom is -0.466 e. The molecule has 0 atom stereocenters. The molecule has 0 radical (unpaired) electrons. The zero-order valence-electron chi connectivity index (χ0n) is 10.4. The lowest BCUT2D eigenvalue weighted by Gasteiger charge is -2.36. The minimum atomic E-state index is -0.300. The Labute approximate surface area is 96.6 Å². The van der Waals surface area contributed by atoms with E-state index < -0.39 is 0 Å². The molecule has 0 aromatic rings. The molecule has 1 rings (SSSR count). The average Bonchev–Trinajstić information content (AvgIpc) is 2.31. The van der Waals surface area contributed by atoms with E-state index in [2.05, 4.69) is 11.7 Å². The fraction of sp³-hybridized carbons (Fsp3) is 0.750. The van der Waals surface area contributed by atoms with Crippen molar-refractivity contribution in [3.05, 3.63) is 11.6 Å². The van der Waals surface area contributed by atoms with Crippen LogP contribution in [0.3, 0.4) is 0 Å². The number of carbonyl (C=O) groups is 1. The van der Waals surface area contributed by atoms with E-state index in [1.54, 1.807) is 6.92 Å². The molecule has 4 nitrogen and oxygen atoms in total. The Kier molecular flexibility index (Phi) is 4.50. The molecule has 4 heteroatoms. The van der Waals surface area contributed by atoms with Gasteiger partial charge in [-0.05, 0) is 20.3 Å². The molecule has 1 aliphatic heterocycles. The highest BCUT2D eigenvalue weighted by molar-refractivity contribution is 5.87. The Morgan fingerprint density at radius 3 is 2.50 bits per heavy atom. The molecule has 92 valence electrons. The number of hydrogen-bond donors (Lipinski definition) is 0. The lowest BCUT2D eigenvalue weighted by molar-refractivity contribution is -0.209. The lowest BCUT2D eigenvalue weighted by atomic mass is 9.84. The van der Waals surface area contributed by atoms with E-state index >= 15 is 0 Å². The molecular weight excluding hydrogens is 208 g/mol. The maximum Gasteiger partial charge on any atom is 0.333 e. The number of esters is 1. The maximum atomic E-state index is 11.3. The molecule has 0 aromatic heterocycles. The zero-order chi connectivity index (χ0) is 12.2. The number of carbonyl (C=O) groups excluding carboxylic acids is 1. The molecule has 0 amide bonds. The summed E-state index contributed by atoms with van der Waals surface area (Å²) in [6.45, 7) is 6.85. The fourth-order valence-corrected chi connectivity index (χ4v) is 1.73. The molecule has 0 bridgehead atoms. The Balaban J connectivity index is 2.77. The summed E-state index contributed by atoms with van der Waals surface area (Å²) >= 11 is 0. The van der Waals surface area contributed by atoms with Gasteiger partial charge in [0.2, 0.25) is 0 Å². The average molecular weight is 228 g/mol. The summed E-state index contributed by atoms with van der Waals surface area (Å²) in [5, 5.41) is 0. The second-order valence-corrected chi connectivity index (χ2v) is 4.22. The third-order valence-electron chi connectivity index (χ3n) is 2.95. The van der Waals surface area contributed by atoms with Gasteiger partial charge in [-0.15, -0.1) is 0 Å². The largest absolute Gasteiger partial charge is 0.466 e. The van der Waals surface area contributed by atoms with Crippen LogP contribution in [0.15, 0.2) is 11.6 Å². The van der Waals surface area contributed by atoms with Crippen LogP contribution in [-0.2, 0) is 19.0 Å². The molecule has 0 aliphatic carbocycles. The highest BCUT2D eigenvalue weighted by Gasteiger charge is 2.33. The van der Waals surface area contributed by atoms with Gasteiger partial charge in [-0.2, -0.15) is 0 Å². The van der Waals surface area contributed by atoms with Crippen LogP contribution < -0.4 is 0 Å². The smallest absolute Gasteiger partial charge is 0.333 e.